The zero-order valence-electron chi connectivity index (χ0n) is 18.0. The first-order valence-corrected chi connectivity index (χ1v) is 11.8. The number of aryl methyl sites for hydroxylation is 2. The Morgan fingerprint density at radius 3 is 2.72 bits per heavy atom. The molecule has 0 bridgehead atoms. The molecule has 0 radical (unpaired) electrons. The summed E-state index contributed by atoms with van der Waals surface area (Å²) in [6, 6.07) is 7.81. The van der Waals surface area contributed by atoms with Gasteiger partial charge in [-0.3, -0.25) is 18.6 Å². The number of carbonyl (C=O) groups is 1. The van der Waals surface area contributed by atoms with E-state index in [-0.39, 0.29) is 11.5 Å². The molecule has 0 spiro atoms. The number of hydrogen-bond acceptors (Lipinski definition) is 7. The van der Waals surface area contributed by atoms with Crippen LogP contribution in [0.25, 0.3) is 16.0 Å². The Morgan fingerprint density at radius 1 is 1.12 bits per heavy atom. The molecule has 32 heavy (non-hydrogen) atoms. The van der Waals surface area contributed by atoms with Crippen LogP contribution in [-0.2, 0) is 17.8 Å². The van der Waals surface area contributed by atoms with Crippen molar-refractivity contribution in [1.29, 1.82) is 0 Å². The molecule has 9 nitrogen and oxygen atoms in total. The number of thiophene rings is 1. The highest BCUT2D eigenvalue weighted by molar-refractivity contribution is 7.17. The SMILES string of the molecule is CCCn1c(=O)c2sccc2n2c(CCC(=O)N3CCN(c4ccccn4)CC3)nnc12. The monoisotopic (exact) mass is 451 g/mol. The third kappa shape index (κ3) is 3.64. The summed E-state index contributed by atoms with van der Waals surface area (Å²) in [7, 11) is 0. The van der Waals surface area contributed by atoms with Crippen LogP contribution in [0, 0.1) is 0 Å². The summed E-state index contributed by atoms with van der Waals surface area (Å²) in [6.45, 7) is 5.53. The average Bonchev–Trinajstić information content (AvgIpc) is 3.48. The molecule has 5 heterocycles. The molecule has 0 unspecified atom stereocenters. The molecular formula is C22H25N7O2S. The van der Waals surface area contributed by atoms with Crippen LogP contribution in [0.4, 0.5) is 5.82 Å². The maximum Gasteiger partial charge on any atom is 0.272 e. The summed E-state index contributed by atoms with van der Waals surface area (Å²) in [5.74, 6) is 2.33. The molecule has 1 saturated heterocycles. The number of hydrogen-bond donors (Lipinski definition) is 0. The normalized spacial score (nSPS) is 14.5. The highest BCUT2D eigenvalue weighted by Gasteiger charge is 2.23. The summed E-state index contributed by atoms with van der Waals surface area (Å²) in [5, 5.41) is 10.6. The summed E-state index contributed by atoms with van der Waals surface area (Å²) in [6.07, 6.45) is 3.47. The van der Waals surface area contributed by atoms with E-state index in [9.17, 15) is 9.59 Å². The van der Waals surface area contributed by atoms with Gasteiger partial charge in [0.05, 0.1) is 5.52 Å². The van der Waals surface area contributed by atoms with Crippen molar-refractivity contribution < 1.29 is 4.79 Å². The lowest BCUT2D eigenvalue weighted by Gasteiger charge is -2.35. The lowest BCUT2D eigenvalue weighted by atomic mass is 10.2. The van der Waals surface area contributed by atoms with E-state index in [2.05, 4.69) is 20.1 Å². The van der Waals surface area contributed by atoms with Gasteiger partial charge in [-0.15, -0.1) is 21.5 Å². The van der Waals surface area contributed by atoms with Crippen molar-refractivity contribution in [2.75, 3.05) is 31.1 Å². The number of piperazine rings is 1. The molecule has 1 fully saturated rings. The van der Waals surface area contributed by atoms with Crippen molar-refractivity contribution in [2.45, 2.75) is 32.7 Å². The van der Waals surface area contributed by atoms with Crippen LogP contribution < -0.4 is 10.5 Å². The second-order valence-electron chi connectivity index (χ2n) is 7.90. The van der Waals surface area contributed by atoms with Crippen LogP contribution in [0.1, 0.15) is 25.6 Å². The number of anilines is 1. The van der Waals surface area contributed by atoms with Crippen LogP contribution in [0.5, 0.6) is 0 Å². The van der Waals surface area contributed by atoms with Gasteiger partial charge in [-0.2, -0.15) is 0 Å². The van der Waals surface area contributed by atoms with Crippen LogP contribution in [0.15, 0.2) is 40.6 Å². The van der Waals surface area contributed by atoms with Gasteiger partial charge in [-0.1, -0.05) is 13.0 Å². The Balaban J connectivity index is 1.31. The van der Waals surface area contributed by atoms with Gasteiger partial charge in [0.1, 0.15) is 16.3 Å². The third-order valence-electron chi connectivity index (χ3n) is 5.89. The van der Waals surface area contributed by atoms with Crippen LogP contribution in [0.2, 0.25) is 0 Å². The van der Waals surface area contributed by atoms with Gasteiger partial charge in [-0.25, -0.2) is 4.98 Å². The van der Waals surface area contributed by atoms with Crippen molar-refractivity contribution in [1.82, 2.24) is 29.0 Å². The molecule has 0 saturated carbocycles. The summed E-state index contributed by atoms with van der Waals surface area (Å²) in [5.41, 5.74) is 0.795. The van der Waals surface area contributed by atoms with E-state index < -0.39 is 0 Å². The quantitative estimate of drug-likeness (QED) is 0.447. The molecule has 0 atom stereocenters. The van der Waals surface area contributed by atoms with Crippen LogP contribution in [-0.4, -0.2) is 61.1 Å². The van der Waals surface area contributed by atoms with Crippen molar-refractivity contribution in [3.63, 3.8) is 0 Å². The van der Waals surface area contributed by atoms with Crippen LogP contribution >= 0.6 is 11.3 Å². The molecule has 5 rings (SSSR count). The fourth-order valence-corrected chi connectivity index (χ4v) is 5.09. The Hall–Kier alpha value is -3.27. The molecule has 0 aliphatic carbocycles. The number of nitrogens with zero attached hydrogens (tertiary/aromatic N) is 7. The van der Waals surface area contributed by atoms with Gasteiger partial charge < -0.3 is 9.80 Å². The predicted molar refractivity (Wildman–Crippen MR) is 124 cm³/mol. The standard InChI is InChI=1S/C22H25N7O2S/c1-2-10-28-21(31)20-16(8-15-32-20)29-18(24-25-22(28)29)6-7-19(30)27-13-11-26(12-14-27)17-5-3-4-9-23-17/h3-5,8-9,15H,2,6-7,10-14H2,1H3. The van der Waals surface area contributed by atoms with Gasteiger partial charge in [0.15, 0.2) is 0 Å². The zero-order chi connectivity index (χ0) is 22.1. The minimum Gasteiger partial charge on any atom is -0.353 e. The largest absolute Gasteiger partial charge is 0.353 e. The van der Waals surface area contributed by atoms with Gasteiger partial charge >= 0.3 is 0 Å². The van der Waals surface area contributed by atoms with Crippen LogP contribution in [0.3, 0.4) is 0 Å². The summed E-state index contributed by atoms with van der Waals surface area (Å²) < 4.78 is 4.33. The topological polar surface area (TPSA) is 88.6 Å². The zero-order valence-corrected chi connectivity index (χ0v) is 18.8. The average molecular weight is 452 g/mol. The van der Waals surface area contributed by atoms with E-state index in [0.29, 0.717) is 48.8 Å². The molecule has 4 aromatic rings. The first-order valence-electron chi connectivity index (χ1n) is 10.9. The molecule has 1 aliphatic heterocycles. The van der Waals surface area contributed by atoms with Gasteiger partial charge in [0.2, 0.25) is 11.7 Å². The first kappa shape index (κ1) is 20.6. The van der Waals surface area contributed by atoms with Crippen molar-refractivity contribution in [3.8, 4) is 0 Å². The number of pyridine rings is 1. The lowest BCUT2D eigenvalue weighted by molar-refractivity contribution is -0.131. The maximum absolute atomic E-state index is 12.9. The molecule has 4 aromatic heterocycles. The number of rotatable bonds is 6. The Morgan fingerprint density at radius 2 is 1.97 bits per heavy atom. The van der Waals surface area contributed by atoms with E-state index >= 15 is 0 Å². The highest BCUT2D eigenvalue weighted by Crippen LogP contribution is 2.21. The third-order valence-corrected chi connectivity index (χ3v) is 6.79. The molecule has 0 aromatic carbocycles. The summed E-state index contributed by atoms with van der Waals surface area (Å²) >= 11 is 1.43. The fourth-order valence-electron chi connectivity index (χ4n) is 4.27. The van der Waals surface area contributed by atoms with E-state index in [1.165, 1.54) is 11.3 Å². The number of amides is 1. The molecule has 166 valence electrons. The summed E-state index contributed by atoms with van der Waals surface area (Å²) in [4.78, 5) is 34.2. The number of aromatic nitrogens is 5. The second kappa shape index (κ2) is 8.70. The molecular weight excluding hydrogens is 426 g/mol. The van der Waals surface area contributed by atoms with Crippen molar-refractivity contribution in [3.05, 3.63) is 52.0 Å². The van der Waals surface area contributed by atoms with Gasteiger partial charge in [-0.05, 0) is 30.0 Å². The number of carbonyl (C=O) groups excluding carboxylic acids is 1. The highest BCUT2D eigenvalue weighted by atomic mass is 32.1. The first-order chi connectivity index (χ1) is 15.7. The van der Waals surface area contributed by atoms with Gasteiger partial charge in [0, 0.05) is 51.8 Å². The van der Waals surface area contributed by atoms with Gasteiger partial charge in [0.25, 0.3) is 5.56 Å². The smallest absolute Gasteiger partial charge is 0.272 e. The maximum atomic E-state index is 12.9. The minimum atomic E-state index is -0.0230. The molecule has 10 heteroatoms. The lowest BCUT2D eigenvalue weighted by Crippen LogP contribution is -2.49. The predicted octanol–water partition coefficient (Wildman–Crippen LogP) is 2.19. The van der Waals surface area contributed by atoms with E-state index in [0.717, 1.165) is 30.8 Å². The Bertz CT molecular complexity index is 1300. The van der Waals surface area contributed by atoms with Crippen molar-refractivity contribution in [2.24, 2.45) is 0 Å². The molecule has 1 aliphatic rings. The fraction of sp³-hybridized carbons (Fsp3) is 0.409. The minimum absolute atomic E-state index is 0.0230. The molecule has 1 amide bonds. The van der Waals surface area contributed by atoms with Crippen molar-refractivity contribution >= 4 is 39.1 Å². The number of fused-ring (bicyclic) bond motifs is 3. The second-order valence-corrected chi connectivity index (χ2v) is 8.82. The van der Waals surface area contributed by atoms with E-state index in [1.54, 1.807) is 10.8 Å². The molecule has 0 N–H and O–H groups in total. The Kier molecular flexibility index (Phi) is 5.60. The Labute approximate surface area is 188 Å². The van der Waals surface area contributed by atoms with E-state index in [1.807, 2.05) is 45.9 Å². The van der Waals surface area contributed by atoms with E-state index in [4.69, 9.17) is 0 Å².